The Morgan fingerprint density at radius 3 is 2.82 bits per heavy atom. The number of fused-ring (bicyclic) bond motifs is 1. The van der Waals surface area contributed by atoms with Crippen molar-refractivity contribution in [1.82, 2.24) is 15.0 Å². The number of pyridine rings is 1. The molecule has 5 rings (SSSR count). The van der Waals surface area contributed by atoms with Gasteiger partial charge in [-0.1, -0.05) is 6.07 Å². The van der Waals surface area contributed by atoms with Gasteiger partial charge in [0.2, 0.25) is 7.98 Å². The normalized spacial score (nSPS) is 15.8. The third kappa shape index (κ3) is 4.34. The first-order valence-corrected chi connectivity index (χ1v) is 11.0. The molecule has 0 saturated carbocycles. The number of carbonyl (C=O) groups is 1. The molecule has 9 nitrogen and oxygen atoms in total. The number of anilines is 4. The summed E-state index contributed by atoms with van der Waals surface area (Å²) < 4.78 is 5.43. The van der Waals surface area contributed by atoms with Crippen LogP contribution in [0.25, 0.3) is 11.3 Å². The average molecular weight is 441 g/mol. The fraction of sp³-hybridized carbons (Fsp3) is 0.304. The van der Waals surface area contributed by atoms with Crippen LogP contribution < -0.4 is 20.8 Å². The van der Waals surface area contributed by atoms with Crippen LogP contribution in [-0.2, 0) is 11.2 Å². The Balaban J connectivity index is 1.42. The molecule has 0 spiro atoms. The SMILES string of the molecule is [B]N1CCCc2cc(-c3cnc(N)c(C(=O)Nc4cnccc4N4CCOCC4)n3)ccc21. The van der Waals surface area contributed by atoms with Crippen molar-refractivity contribution in [3.63, 3.8) is 0 Å². The zero-order chi connectivity index (χ0) is 22.8. The van der Waals surface area contributed by atoms with Crippen molar-refractivity contribution in [3.8, 4) is 11.3 Å². The summed E-state index contributed by atoms with van der Waals surface area (Å²) in [5, 5.41) is 2.91. The van der Waals surface area contributed by atoms with Crippen LogP contribution in [0, 0.1) is 0 Å². The van der Waals surface area contributed by atoms with Crippen LogP contribution in [0.4, 0.5) is 22.9 Å². The lowest BCUT2D eigenvalue weighted by Crippen LogP contribution is -2.36. The number of hydrogen-bond donors (Lipinski definition) is 2. The first kappa shape index (κ1) is 21.2. The highest BCUT2D eigenvalue weighted by molar-refractivity contribution is 6.18. The fourth-order valence-corrected chi connectivity index (χ4v) is 4.24. The van der Waals surface area contributed by atoms with Crippen molar-refractivity contribution in [2.75, 3.05) is 53.6 Å². The number of rotatable bonds is 4. The first-order chi connectivity index (χ1) is 16.1. The van der Waals surface area contributed by atoms with Crippen molar-refractivity contribution in [1.29, 1.82) is 0 Å². The number of aryl methyl sites for hydroxylation is 1. The second kappa shape index (κ2) is 9.07. The van der Waals surface area contributed by atoms with Crippen LogP contribution in [0.2, 0.25) is 0 Å². The largest absolute Gasteiger partial charge is 0.425 e. The summed E-state index contributed by atoms with van der Waals surface area (Å²) in [4.78, 5) is 30.0. The second-order valence-corrected chi connectivity index (χ2v) is 8.08. The van der Waals surface area contributed by atoms with E-state index < -0.39 is 5.91 Å². The number of amides is 1. The number of hydrogen-bond acceptors (Lipinski definition) is 8. The van der Waals surface area contributed by atoms with E-state index in [-0.39, 0.29) is 11.5 Å². The third-order valence-electron chi connectivity index (χ3n) is 5.94. The summed E-state index contributed by atoms with van der Waals surface area (Å²) in [5.41, 5.74) is 11.2. The van der Waals surface area contributed by atoms with E-state index in [9.17, 15) is 4.79 Å². The van der Waals surface area contributed by atoms with Gasteiger partial charge in [-0.3, -0.25) is 9.78 Å². The molecule has 1 saturated heterocycles. The lowest BCUT2D eigenvalue weighted by atomic mass is 9.96. The number of benzene rings is 1. The predicted octanol–water partition coefficient (Wildman–Crippen LogP) is 2.05. The van der Waals surface area contributed by atoms with Gasteiger partial charge in [-0.25, -0.2) is 9.97 Å². The van der Waals surface area contributed by atoms with Gasteiger partial charge in [-0.05, 0) is 36.6 Å². The maximum absolute atomic E-state index is 13.1. The monoisotopic (exact) mass is 441 g/mol. The molecule has 3 N–H and O–H groups in total. The first-order valence-electron chi connectivity index (χ1n) is 11.0. The molecule has 0 atom stereocenters. The molecule has 1 fully saturated rings. The van der Waals surface area contributed by atoms with Gasteiger partial charge in [0.1, 0.15) is 0 Å². The number of nitrogens with zero attached hydrogens (tertiary/aromatic N) is 5. The summed E-state index contributed by atoms with van der Waals surface area (Å²) in [5.74, 6) is -0.366. The van der Waals surface area contributed by atoms with Gasteiger partial charge < -0.3 is 25.5 Å². The van der Waals surface area contributed by atoms with E-state index in [0.29, 0.717) is 24.6 Å². The molecule has 0 unspecified atom stereocenters. The Kier molecular flexibility index (Phi) is 5.83. The zero-order valence-corrected chi connectivity index (χ0v) is 18.2. The molecule has 0 bridgehead atoms. The Bertz CT molecular complexity index is 1180. The number of ether oxygens (including phenoxy) is 1. The molecule has 33 heavy (non-hydrogen) atoms. The predicted molar refractivity (Wildman–Crippen MR) is 129 cm³/mol. The molecule has 0 aliphatic carbocycles. The molecule has 2 aliphatic heterocycles. The number of carbonyl (C=O) groups excluding carboxylic acids is 1. The molecule has 2 aliphatic rings. The van der Waals surface area contributed by atoms with Crippen molar-refractivity contribution in [2.45, 2.75) is 12.8 Å². The maximum Gasteiger partial charge on any atom is 0.278 e. The molecule has 2 radical (unpaired) electrons. The van der Waals surface area contributed by atoms with Crippen molar-refractivity contribution in [3.05, 3.63) is 54.1 Å². The van der Waals surface area contributed by atoms with E-state index in [4.69, 9.17) is 18.5 Å². The van der Waals surface area contributed by atoms with Crippen LogP contribution in [-0.4, -0.2) is 61.7 Å². The van der Waals surface area contributed by atoms with E-state index in [1.807, 2.05) is 24.3 Å². The maximum atomic E-state index is 13.1. The Morgan fingerprint density at radius 1 is 1.12 bits per heavy atom. The van der Waals surface area contributed by atoms with Crippen LogP contribution in [0.15, 0.2) is 42.9 Å². The van der Waals surface area contributed by atoms with E-state index in [2.05, 4.69) is 25.2 Å². The number of nitrogen functional groups attached to an aromatic ring is 1. The molecule has 10 heteroatoms. The van der Waals surface area contributed by atoms with Crippen molar-refractivity contribution >= 4 is 36.8 Å². The van der Waals surface area contributed by atoms with Gasteiger partial charge in [-0.2, -0.15) is 0 Å². The minimum absolute atomic E-state index is 0.0687. The van der Waals surface area contributed by atoms with Crippen molar-refractivity contribution in [2.24, 2.45) is 0 Å². The van der Waals surface area contributed by atoms with Gasteiger partial charge in [0.05, 0.1) is 42.7 Å². The smallest absolute Gasteiger partial charge is 0.278 e. The van der Waals surface area contributed by atoms with Gasteiger partial charge in [0.25, 0.3) is 5.91 Å². The molecule has 1 amide bonds. The molecule has 166 valence electrons. The summed E-state index contributed by atoms with van der Waals surface area (Å²) >= 11 is 0. The van der Waals surface area contributed by atoms with E-state index in [1.54, 1.807) is 23.4 Å². The van der Waals surface area contributed by atoms with Crippen LogP contribution in [0.1, 0.15) is 22.5 Å². The minimum Gasteiger partial charge on any atom is -0.425 e. The molecule has 3 aromatic rings. The fourth-order valence-electron chi connectivity index (χ4n) is 4.24. The molecular formula is C23H24BN7O2. The van der Waals surface area contributed by atoms with Gasteiger partial charge >= 0.3 is 0 Å². The lowest BCUT2D eigenvalue weighted by molar-refractivity contribution is 0.102. The highest BCUT2D eigenvalue weighted by Crippen LogP contribution is 2.31. The van der Waals surface area contributed by atoms with Gasteiger partial charge in [-0.15, -0.1) is 0 Å². The minimum atomic E-state index is -0.435. The summed E-state index contributed by atoms with van der Waals surface area (Å²) in [6, 6.07) is 7.84. The summed E-state index contributed by atoms with van der Waals surface area (Å²) in [7, 11) is 6.08. The van der Waals surface area contributed by atoms with E-state index in [1.165, 1.54) is 0 Å². The number of nitrogens with one attached hydrogen (secondary N) is 1. The highest BCUT2D eigenvalue weighted by Gasteiger charge is 2.20. The average Bonchev–Trinajstić information content (AvgIpc) is 2.85. The number of aromatic nitrogens is 3. The summed E-state index contributed by atoms with van der Waals surface area (Å²) in [6.07, 6.45) is 6.84. The van der Waals surface area contributed by atoms with E-state index in [0.717, 1.165) is 55.0 Å². The molecular weight excluding hydrogens is 417 g/mol. The summed E-state index contributed by atoms with van der Waals surface area (Å²) in [6.45, 7) is 3.59. The van der Waals surface area contributed by atoms with Crippen LogP contribution in [0.5, 0.6) is 0 Å². The quantitative estimate of drug-likeness (QED) is 0.593. The molecule has 2 aromatic heterocycles. The van der Waals surface area contributed by atoms with Crippen LogP contribution >= 0.6 is 0 Å². The second-order valence-electron chi connectivity index (χ2n) is 8.08. The zero-order valence-electron chi connectivity index (χ0n) is 18.2. The number of morpholine rings is 1. The van der Waals surface area contributed by atoms with Crippen LogP contribution in [0.3, 0.4) is 0 Å². The highest BCUT2D eigenvalue weighted by atomic mass is 16.5. The van der Waals surface area contributed by atoms with E-state index >= 15 is 0 Å². The Hall–Kier alpha value is -3.66. The topological polar surface area (TPSA) is 110 Å². The molecule has 4 heterocycles. The Labute approximate surface area is 193 Å². The molecule has 1 aromatic carbocycles. The Morgan fingerprint density at radius 2 is 1.97 bits per heavy atom. The standard InChI is InChI=1S/C23H24BN7O2/c24-31-7-1-2-16-12-15(3-4-19(16)31)17-14-27-22(25)21(28-17)23(32)29-18-13-26-6-5-20(18)30-8-10-33-11-9-30/h3-6,12-14H,1-2,7-11H2,(H2,25,27)(H,29,32). The lowest BCUT2D eigenvalue weighted by Gasteiger charge is -2.30. The van der Waals surface area contributed by atoms with Gasteiger partial charge in [0, 0.05) is 37.1 Å². The van der Waals surface area contributed by atoms with Gasteiger partial charge in [0.15, 0.2) is 11.5 Å². The van der Waals surface area contributed by atoms with Crippen molar-refractivity contribution < 1.29 is 9.53 Å². The number of nitrogens with two attached hydrogens (primary N) is 1. The third-order valence-corrected chi connectivity index (χ3v) is 5.94.